The topological polar surface area (TPSA) is 118 Å². The molecule has 0 aliphatic rings. The van der Waals surface area contributed by atoms with Crippen molar-refractivity contribution >= 4 is 28.3 Å². The molecule has 2 aromatic heterocycles. The van der Waals surface area contributed by atoms with Gasteiger partial charge in [0.05, 0.1) is 23.7 Å². The third-order valence-electron chi connectivity index (χ3n) is 5.48. The number of ether oxygens (including phenoxy) is 2. The van der Waals surface area contributed by atoms with Gasteiger partial charge in [-0.15, -0.1) is 0 Å². The molecule has 0 radical (unpaired) electrons. The van der Waals surface area contributed by atoms with E-state index in [1.807, 2.05) is 56.3 Å². The summed E-state index contributed by atoms with van der Waals surface area (Å²) in [6, 6.07) is 15.0. The molecule has 3 N–H and O–H groups in total. The number of carbonyl (C=O) groups excluding carboxylic acids is 1. The van der Waals surface area contributed by atoms with Gasteiger partial charge in [-0.2, -0.15) is 0 Å². The number of nitrogens with zero attached hydrogens (tertiary/aromatic N) is 3. The van der Waals surface area contributed by atoms with Gasteiger partial charge < -0.3 is 25.2 Å². The standard InChI is InChI=1S/C27H29N5O4/c1-17-14-19(9-11-22(17)35-20-10-8-18(2)29-15-20)32-25-24-21(30-16-31-25)6-5-7-23(24)36-27(3,4)26(34)28-12-13-33/h5-11,14-16,33H,12-13H2,1-4H3,(H,28,34)(H,30,31,32). The fourth-order valence-electron chi connectivity index (χ4n) is 3.58. The van der Waals surface area contributed by atoms with Crippen LogP contribution >= 0.6 is 0 Å². The summed E-state index contributed by atoms with van der Waals surface area (Å²) in [5, 5.41) is 15.7. The van der Waals surface area contributed by atoms with Gasteiger partial charge in [-0.05, 0) is 75.7 Å². The van der Waals surface area contributed by atoms with Crippen molar-refractivity contribution in [3.63, 3.8) is 0 Å². The van der Waals surface area contributed by atoms with E-state index in [9.17, 15) is 4.79 Å². The molecule has 0 fully saturated rings. The Bertz CT molecular complexity index is 1370. The number of fused-ring (bicyclic) bond motifs is 1. The lowest BCUT2D eigenvalue weighted by Gasteiger charge is -2.26. The number of carbonyl (C=O) groups is 1. The molecule has 0 saturated carbocycles. The summed E-state index contributed by atoms with van der Waals surface area (Å²) in [6.45, 7) is 7.22. The van der Waals surface area contributed by atoms with Gasteiger partial charge in [0, 0.05) is 17.9 Å². The highest BCUT2D eigenvalue weighted by Gasteiger charge is 2.30. The molecule has 0 unspecified atom stereocenters. The van der Waals surface area contributed by atoms with Gasteiger partial charge in [0.2, 0.25) is 0 Å². The number of anilines is 2. The van der Waals surface area contributed by atoms with E-state index in [1.165, 1.54) is 6.33 Å². The predicted octanol–water partition coefficient (Wildman–Crippen LogP) is 4.44. The number of aliphatic hydroxyl groups is 1. The average Bonchev–Trinajstić information content (AvgIpc) is 2.85. The zero-order valence-corrected chi connectivity index (χ0v) is 20.7. The van der Waals surface area contributed by atoms with Crippen LogP contribution in [0.1, 0.15) is 25.1 Å². The first-order chi connectivity index (χ1) is 17.3. The fraction of sp³-hybridized carbons (Fsp3) is 0.259. The lowest BCUT2D eigenvalue weighted by atomic mass is 10.1. The molecule has 186 valence electrons. The Kier molecular flexibility index (Phi) is 7.30. The van der Waals surface area contributed by atoms with Gasteiger partial charge in [-0.25, -0.2) is 9.97 Å². The van der Waals surface area contributed by atoms with Crippen molar-refractivity contribution in [1.29, 1.82) is 0 Å². The lowest BCUT2D eigenvalue weighted by molar-refractivity contribution is -0.134. The Labute approximate surface area is 209 Å². The van der Waals surface area contributed by atoms with Crippen molar-refractivity contribution in [3.05, 3.63) is 72.3 Å². The Hall–Kier alpha value is -4.24. The number of rotatable bonds is 9. The molecule has 0 atom stereocenters. The quantitative estimate of drug-likeness (QED) is 0.317. The first-order valence-electron chi connectivity index (χ1n) is 11.6. The number of hydrogen-bond donors (Lipinski definition) is 3. The maximum absolute atomic E-state index is 12.5. The second-order valence-corrected chi connectivity index (χ2v) is 8.81. The van der Waals surface area contributed by atoms with E-state index in [-0.39, 0.29) is 19.1 Å². The van der Waals surface area contributed by atoms with Crippen LogP contribution in [0.3, 0.4) is 0 Å². The van der Waals surface area contributed by atoms with Crippen LogP contribution in [0.25, 0.3) is 10.9 Å². The summed E-state index contributed by atoms with van der Waals surface area (Å²) in [5.74, 6) is 2.05. The third kappa shape index (κ3) is 5.69. The van der Waals surface area contributed by atoms with Crippen LogP contribution in [-0.4, -0.2) is 44.7 Å². The van der Waals surface area contributed by atoms with Crippen LogP contribution in [0.15, 0.2) is 61.1 Å². The van der Waals surface area contributed by atoms with E-state index < -0.39 is 5.60 Å². The van der Waals surface area contributed by atoms with Gasteiger partial charge in [-0.3, -0.25) is 9.78 Å². The molecule has 0 spiro atoms. The van der Waals surface area contributed by atoms with Crippen LogP contribution in [-0.2, 0) is 4.79 Å². The Balaban J connectivity index is 1.60. The molecular weight excluding hydrogens is 458 g/mol. The number of aromatic nitrogens is 3. The van der Waals surface area contributed by atoms with Crippen molar-refractivity contribution in [3.8, 4) is 17.2 Å². The molecule has 9 nitrogen and oxygen atoms in total. The monoisotopic (exact) mass is 487 g/mol. The van der Waals surface area contributed by atoms with Crippen LogP contribution in [0.5, 0.6) is 17.2 Å². The minimum absolute atomic E-state index is 0.149. The third-order valence-corrected chi connectivity index (χ3v) is 5.48. The number of hydrogen-bond acceptors (Lipinski definition) is 8. The highest BCUT2D eigenvalue weighted by molar-refractivity contribution is 5.96. The van der Waals surface area contributed by atoms with E-state index in [0.29, 0.717) is 28.2 Å². The number of nitrogens with one attached hydrogen (secondary N) is 2. The number of benzene rings is 2. The highest BCUT2D eigenvalue weighted by atomic mass is 16.5. The van der Waals surface area contributed by atoms with Crippen molar-refractivity contribution in [2.75, 3.05) is 18.5 Å². The van der Waals surface area contributed by atoms with Crippen LogP contribution in [0.2, 0.25) is 0 Å². The molecule has 9 heteroatoms. The first-order valence-corrected chi connectivity index (χ1v) is 11.6. The summed E-state index contributed by atoms with van der Waals surface area (Å²) in [4.78, 5) is 25.6. The summed E-state index contributed by atoms with van der Waals surface area (Å²) < 4.78 is 12.1. The SMILES string of the molecule is Cc1ccc(Oc2ccc(Nc3ncnc4cccc(OC(C)(C)C(=O)NCCO)c34)cc2C)cn1. The first kappa shape index (κ1) is 24.9. The van der Waals surface area contributed by atoms with Gasteiger partial charge in [0.15, 0.2) is 5.60 Å². The predicted molar refractivity (Wildman–Crippen MR) is 138 cm³/mol. The maximum Gasteiger partial charge on any atom is 0.263 e. The van der Waals surface area contributed by atoms with Crippen LogP contribution in [0, 0.1) is 13.8 Å². The van der Waals surface area contributed by atoms with E-state index >= 15 is 0 Å². The molecule has 0 aliphatic heterocycles. The van der Waals surface area contributed by atoms with Crippen LogP contribution < -0.4 is 20.1 Å². The van der Waals surface area contributed by atoms with E-state index in [2.05, 4.69) is 25.6 Å². The van der Waals surface area contributed by atoms with E-state index in [4.69, 9.17) is 14.6 Å². The molecule has 1 amide bonds. The van der Waals surface area contributed by atoms with E-state index in [1.54, 1.807) is 26.1 Å². The van der Waals surface area contributed by atoms with Gasteiger partial charge >= 0.3 is 0 Å². The molecule has 2 heterocycles. The molecule has 0 aliphatic carbocycles. The number of pyridine rings is 1. The zero-order valence-electron chi connectivity index (χ0n) is 20.7. The van der Waals surface area contributed by atoms with Crippen molar-refractivity contribution in [1.82, 2.24) is 20.3 Å². The number of aryl methyl sites for hydroxylation is 2. The number of amides is 1. The molecule has 36 heavy (non-hydrogen) atoms. The molecule has 4 rings (SSSR count). The highest BCUT2D eigenvalue weighted by Crippen LogP contribution is 2.35. The van der Waals surface area contributed by atoms with Crippen molar-refractivity contribution in [2.45, 2.75) is 33.3 Å². The maximum atomic E-state index is 12.5. The Morgan fingerprint density at radius 1 is 1.03 bits per heavy atom. The average molecular weight is 488 g/mol. The largest absolute Gasteiger partial charge is 0.477 e. The second-order valence-electron chi connectivity index (χ2n) is 8.81. The van der Waals surface area contributed by atoms with Crippen molar-refractivity contribution < 1.29 is 19.4 Å². The van der Waals surface area contributed by atoms with E-state index in [0.717, 1.165) is 22.7 Å². The van der Waals surface area contributed by atoms with Gasteiger partial charge in [0.25, 0.3) is 5.91 Å². The summed E-state index contributed by atoms with van der Waals surface area (Å²) in [5.41, 5.74) is 2.14. The van der Waals surface area contributed by atoms with Gasteiger partial charge in [0.1, 0.15) is 29.4 Å². The minimum Gasteiger partial charge on any atom is -0.477 e. The second kappa shape index (κ2) is 10.6. The fourth-order valence-corrected chi connectivity index (χ4v) is 3.58. The zero-order chi connectivity index (χ0) is 25.7. The molecule has 0 bridgehead atoms. The summed E-state index contributed by atoms with van der Waals surface area (Å²) in [7, 11) is 0. The molecular formula is C27H29N5O4. The summed E-state index contributed by atoms with van der Waals surface area (Å²) in [6.07, 6.45) is 3.17. The molecule has 2 aromatic carbocycles. The van der Waals surface area contributed by atoms with Crippen LogP contribution in [0.4, 0.5) is 11.5 Å². The molecule has 0 saturated heterocycles. The Morgan fingerprint density at radius 3 is 2.58 bits per heavy atom. The molecule has 4 aromatic rings. The normalized spacial score (nSPS) is 11.2. The minimum atomic E-state index is -1.18. The number of aliphatic hydroxyl groups excluding tert-OH is 1. The summed E-state index contributed by atoms with van der Waals surface area (Å²) >= 11 is 0. The lowest BCUT2D eigenvalue weighted by Crippen LogP contribution is -2.47. The van der Waals surface area contributed by atoms with Gasteiger partial charge in [-0.1, -0.05) is 6.07 Å². The Morgan fingerprint density at radius 2 is 1.86 bits per heavy atom. The smallest absolute Gasteiger partial charge is 0.263 e. The van der Waals surface area contributed by atoms with Crippen molar-refractivity contribution in [2.24, 2.45) is 0 Å².